The summed E-state index contributed by atoms with van der Waals surface area (Å²) in [5.74, 6) is -1.58. The predicted molar refractivity (Wildman–Crippen MR) is 61.8 cm³/mol. The molecule has 0 heterocycles. The zero-order valence-electron chi connectivity index (χ0n) is 9.68. The van der Waals surface area contributed by atoms with Crippen LogP contribution in [0.3, 0.4) is 0 Å². The molecule has 17 heavy (non-hydrogen) atoms. The van der Waals surface area contributed by atoms with Crippen molar-refractivity contribution in [3.05, 3.63) is 30.1 Å². The summed E-state index contributed by atoms with van der Waals surface area (Å²) in [6.07, 6.45) is 0. The molecule has 0 radical (unpaired) electrons. The Morgan fingerprint density at radius 2 is 1.82 bits per heavy atom. The molecule has 0 aliphatic carbocycles. The fourth-order valence-corrected chi connectivity index (χ4v) is 2.44. The number of carbonyl (C=O) groups excluding carboxylic acids is 1. The van der Waals surface area contributed by atoms with Crippen LogP contribution in [-0.2, 0) is 14.6 Å². The number of hydrogen-bond donors (Lipinski definition) is 0. The van der Waals surface area contributed by atoms with Gasteiger partial charge in [-0.2, -0.15) is 0 Å². The van der Waals surface area contributed by atoms with Crippen molar-refractivity contribution in [2.75, 3.05) is 19.3 Å². The summed E-state index contributed by atoms with van der Waals surface area (Å²) >= 11 is 0. The number of carbonyl (C=O) groups is 1. The smallest absolute Gasteiger partial charge is 0.237 e. The molecule has 0 saturated carbocycles. The van der Waals surface area contributed by atoms with Gasteiger partial charge in [0.05, 0.1) is 4.90 Å². The van der Waals surface area contributed by atoms with Gasteiger partial charge < -0.3 is 4.90 Å². The summed E-state index contributed by atoms with van der Waals surface area (Å²) in [4.78, 5) is 12.8. The molecule has 94 valence electrons. The zero-order chi connectivity index (χ0) is 13.1. The number of sulfone groups is 1. The van der Waals surface area contributed by atoms with Gasteiger partial charge in [-0.25, -0.2) is 12.8 Å². The van der Waals surface area contributed by atoms with Crippen molar-refractivity contribution in [1.82, 2.24) is 4.90 Å². The number of nitrogens with zero attached hydrogens (tertiary/aromatic N) is 1. The lowest BCUT2D eigenvalue weighted by atomic mass is 10.4. The standard InChI is InChI=1S/C11H14FNO3S/c1-3-13(2)11(14)8-17(15,16)10-6-4-9(12)5-7-10/h4-7H,3,8H2,1-2H3. The van der Waals surface area contributed by atoms with Gasteiger partial charge in [0, 0.05) is 13.6 Å². The van der Waals surface area contributed by atoms with Crippen LogP contribution in [-0.4, -0.2) is 38.6 Å². The minimum atomic E-state index is -3.69. The van der Waals surface area contributed by atoms with Crippen LogP contribution in [0, 0.1) is 5.82 Å². The number of halogens is 1. The lowest BCUT2D eigenvalue weighted by Crippen LogP contribution is -2.32. The maximum Gasteiger partial charge on any atom is 0.237 e. The molecule has 0 atom stereocenters. The summed E-state index contributed by atoms with van der Waals surface area (Å²) in [6.45, 7) is 2.19. The SMILES string of the molecule is CCN(C)C(=O)CS(=O)(=O)c1ccc(F)cc1. The second kappa shape index (κ2) is 5.27. The molecule has 1 amide bonds. The van der Waals surface area contributed by atoms with E-state index in [0.29, 0.717) is 6.54 Å². The largest absolute Gasteiger partial charge is 0.345 e. The number of benzene rings is 1. The molecule has 1 rings (SSSR count). The molecule has 0 bridgehead atoms. The average molecular weight is 259 g/mol. The van der Waals surface area contributed by atoms with E-state index < -0.39 is 27.3 Å². The Morgan fingerprint density at radius 1 is 1.29 bits per heavy atom. The quantitative estimate of drug-likeness (QED) is 0.760. The zero-order valence-corrected chi connectivity index (χ0v) is 10.5. The van der Waals surface area contributed by atoms with E-state index >= 15 is 0 Å². The van der Waals surface area contributed by atoms with Crippen LogP contribution in [0.4, 0.5) is 4.39 Å². The van der Waals surface area contributed by atoms with Crippen LogP contribution in [0.25, 0.3) is 0 Å². The first kappa shape index (κ1) is 13.6. The number of hydrogen-bond acceptors (Lipinski definition) is 3. The second-order valence-electron chi connectivity index (χ2n) is 3.62. The molecule has 1 aromatic rings. The van der Waals surface area contributed by atoms with E-state index in [0.717, 1.165) is 24.3 Å². The first-order chi connectivity index (χ1) is 7.86. The molecule has 0 fully saturated rings. The molecular weight excluding hydrogens is 245 g/mol. The van der Waals surface area contributed by atoms with Crippen molar-refractivity contribution in [2.45, 2.75) is 11.8 Å². The lowest BCUT2D eigenvalue weighted by molar-refractivity contribution is -0.126. The normalized spacial score (nSPS) is 11.2. The summed E-state index contributed by atoms with van der Waals surface area (Å²) < 4.78 is 36.3. The molecule has 0 unspecified atom stereocenters. The summed E-state index contributed by atoms with van der Waals surface area (Å²) in [5.41, 5.74) is 0. The van der Waals surface area contributed by atoms with Crippen molar-refractivity contribution < 1.29 is 17.6 Å². The van der Waals surface area contributed by atoms with Gasteiger partial charge in [0.2, 0.25) is 5.91 Å². The highest BCUT2D eigenvalue weighted by molar-refractivity contribution is 7.92. The Hall–Kier alpha value is -1.43. The van der Waals surface area contributed by atoms with Gasteiger partial charge in [-0.1, -0.05) is 0 Å². The van der Waals surface area contributed by atoms with Crippen LogP contribution in [0.2, 0.25) is 0 Å². The van der Waals surface area contributed by atoms with Gasteiger partial charge in [-0.15, -0.1) is 0 Å². The number of amides is 1. The van der Waals surface area contributed by atoms with Crippen molar-refractivity contribution in [3.63, 3.8) is 0 Å². The first-order valence-corrected chi connectivity index (χ1v) is 6.74. The second-order valence-corrected chi connectivity index (χ2v) is 5.61. The third kappa shape index (κ3) is 3.52. The van der Waals surface area contributed by atoms with E-state index in [1.165, 1.54) is 11.9 Å². The monoisotopic (exact) mass is 259 g/mol. The van der Waals surface area contributed by atoms with Gasteiger partial charge in [0.1, 0.15) is 11.6 Å². The van der Waals surface area contributed by atoms with Crippen LogP contribution in [0.5, 0.6) is 0 Å². The Bertz CT molecular complexity index is 496. The Kier molecular flexibility index (Phi) is 4.22. The molecule has 0 aliphatic heterocycles. The third-order valence-electron chi connectivity index (χ3n) is 2.39. The lowest BCUT2D eigenvalue weighted by Gasteiger charge is -2.14. The highest BCUT2D eigenvalue weighted by atomic mass is 32.2. The van der Waals surface area contributed by atoms with Crippen LogP contribution >= 0.6 is 0 Å². The molecule has 1 aromatic carbocycles. The summed E-state index contributed by atoms with van der Waals surface area (Å²) in [7, 11) is -2.16. The van der Waals surface area contributed by atoms with Gasteiger partial charge >= 0.3 is 0 Å². The van der Waals surface area contributed by atoms with E-state index in [2.05, 4.69) is 0 Å². The van der Waals surface area contributed by atoms with E-state index in [1.54, 1.807) is 6.92 Å². The van der Waals surface area contributed by atoms with Crippen molar-refractivity contribution in [2.24, 2.45) is 0 Å². The van der Waals surface area contributed by atoms with E-state index in [-0.39, 0.29) is 4.90 Å². The fraction of sp³-hybridized carbons (Fsp3) is 0.364. The average Bonchev–Trinajstić information content (AvgIpc) is 2.27. The van der Waals surface area contributed by atoms with Crippen molar-refractivity contribution in [3.8, 4) is 0 Å². The van der Waals surface area contributed by atoms with Crippen LogP contribution in [0.15, 0.2) is 29.2 Å². The topological polar surface area (TPSA) is 54.5 Å². The van der Waals surface area contributed by atoms with Crippen molar-refractivity contribution in [1.29, 1.82) is 0 Å². The summed E-state index contributed by atoms with van der Waals surface area (Å²) in [5, 5.41) is 0. The molecule has 0 N–H and O–H groups in total. The van der Waals surface area contributed by atoms with Crippen LogP contribution in [0.1, 0.15) is 6.92 Å². The highest BCUT2D eigenvalue weighted by Gasteiger charge is 2.21. The predicted octanol–water partition coefficient (Wildman–Crippen LogP) is 1.08. The first-order valence-electron chi connectivity index (χ1n) is 5.09. The van der Waals surface area contributed by atoms with Gasteiger partial charge in [-0.3, -0.25) is 4.79 Å². The molecule has 0 saturated heterocycles. The molecule has 0 aromatic heterocycles. The molecule has 0 spiro atoms. The third-order valence-corrected chi connectivity index (χ3v) is 4.00. The van der Waals surface area contributed by atoms with Gasteiger partial charge in [0.15, 0.2) is 9.84 Å². The van der Waals surface area contributed by atoms with E-state index in [1.807, 2.05) is 0 Å². The molecular formula is C11H14FNO3S. The minimum absolute atomic E-state index is 0.0447. The van der Waals surface area contributed by atoms with Gasteiger partial charge in [-0.05, 0) is 31.2 Å². The van der Waals surface area contributed by atoms with Crippen LogP contribution < -0.4 is 0 Å². The minimum Gasteiger partial charge on any atom is -0.345 e. The van der Waals surface area contributed by atoms with E-state index in [4.69, 9.17) is 0 Å². The van der Waals surface area contributed by atoms with Gasteiger partial charge in [0.25, 0.3) is 0 Å². The summed E-state index contributed by atoms with van der Waals surface area (Å²) in [6, 6.07) is 4.43. The molecule has 6 heteroatoms. The number of rotatable bonds is 4. The Morgan fingerprint density at radius 3 is 2.29 bits per heavy atom. The maximum absolute atomic E-state index is 12.7. The van der Waals surface area contributed by atoms with Crippen molar-refractivity contribution >= 4 is 15.7 Å². The van der Waals surface area contributed by atoms with E-state index in [9.17, 15) is 17.6 Å². The highest BCUT2D eigenvalue weighted by Crippen LogP contribution is 2.12. The fourth-order valence-electron chi connectivity index (χ4n) is 1.17. The molecule has 4 nitrogen and oxygen atoms in total. The molecule has 0 aliphatic rings. The Balaban J connectivity index is 2.89. The Labute approximate surface area is 100.0 Å². The maximum atomic E-state index is 12.7.